The zero-order valence-electron chi connectivity index (χ0n) is 14.0. The number of carbonyl (C=O) groups is 2. The first-order chi connectivity index (χ1) is 13.2. The van der Waals surface area contributed by atoms with Crippen LogP contribution in [-0.4, -0.2) is 11.9 Å². The van der Waals surface area contributed by atoms with Gasteiger partial charge in [-0.2, -0.15) is 13.2 Å². The van der Waals surface area contributed by atoms with Gasteiger partial charge in [0.15, 0.2) is 0 Å². The number of fused-ring (bicyclic) bond motifs is 1. The Bertz CT molecular complexity index is 1080. The molecule has 143 valence electrons. The summed E-state index contributed by atoms with van der Waals surface area (Å²) in [5.41, 5.74) is 5.56. The van der Waals surface area contributed by atoms with Crippen LogP contribution in [0.3, 0.4) is 0 Å². The summed E-state index contributed by atoms with van der Waals surface area (Å²) >= 11 is 5.82. The zero-order valence-corrected chi connectivity index (χ0v) is 14.8. The Kier molecular flexibility index (Phi) is 5.15. The van der Waals surface area contributed by atoms with Crippen molar-refractivity contribution in [1.82, 2.24) is 5.73 Å². The lowest BCUT2D eigenvalue weighted by atomic mass is 10.0. The number of benzene rings is 3. The van der Waals surface area contributed by atoms with E-state index in [2.05, 4.69) is 10.6 Å². The zero-order chi connectivity index (χ0) is 20.5. The number of alkyl halides is 3. The van der Waals surface area contributed by atoms with E-state index in [1.54, 1.807) is 24.3 Å². The third kappa shape index (κ3) is 4.01. The van der Waals surface area contributed by atoms with Crippen molar-refractivity contribution in [2.75, 3.05) is 10.6 Å². The second-order valence-corrected chi connectivity index (χ2v) is 6.22. The highest BCUT2D eigenvalue weighted by atomic mass is 35.5. The SMILES string of the molecule is [NH]C(=O)c1cc2ccccc2cc1NC(=O)Nc1c(Cl)cccc1C(F)(F)F. The Balaban J connectivity index is 1.95. The van der Waals surface area contributed by atoms with Gasteiger partial charge >= 0.3 is 12.2 Å². The van der Waals surface area contributed by atoms with Crippen molar-refractivity contribution in [1.29, 1.82) is 0 Å². The quantitative estimate of drug-likeness (QED) is 0.595. The number of halogens is 4. The number of hydrogen-bond acceptors (Lipinski definition) is 2. The molecule has 3 N–H and O–H groups in total. The van der Waals surface area contributed by atoms with Crippen LogP contribution in [0, 0.1) is 0 Å². The number of carbonyl (C=O) groups excluding carboxylic acids is 2. The third-order valence-electron chi connectivity index (χ3n) is 3.94. The van der Waals surface area contributed by atoms with Gasteiger partial charge in [-0.05, 0) is 35.0 Å². The summed E-state index contributed by atoms with van der Waals surface area (Å²) in [5.74, 6) is -1.05. The molecule has 0 atom stereocenters. The summed E-state index contributed by atoms with van der Waals surface area (Å²) in [4.78, 5) is 23.9. The molecule has 0 unspecified atom stereocenters. The standard InChI is InChI=1S/C19H12ClF3N3O2/c20-14-7-3-6-13(19(21,22)23)16(14)26-18(28)25-15-9-11-5-2-1-4-10(11)8-12(15)17(24)27/h1-9,24H,(H2,25,26,28). The topological polar surface area (TPSA) is 82.0 Å². The van der Waals surface area contributed by atoms with Crippen LogP contribution in [0.5, 0.6) is 0 Å². The van der Waals surface area contributed by atoms with E-state index in [4.69, 9.17) is 17.3 Å². The van der Waals surface area contributed by atoms with Gasteiger partial charge in [0.2, 0.25) is 0 Å². The van der Waals surface area contributed by atoms with Gasteiger partial charge in [-0.3, -0.25) is 10.5 Å². The Morgan fingerprint density at radius 2 is 1.57 bits per heavy atom. The third-order valence-corrected chi connectivity index (χ3v) is 4.25. The fourth-order valence-corrected chi connectivity index (χ4v) is 2.91. The van der Waals surface area contributed by atoms with Crippen molar-refractivity contribution >= 4 is 45.7 Å². The molecule has 0 heterocycles. The number of hydrogen-bond donors (Lipinski definition) is 2. The second kappa shape index (κ2) is 7.40. The van der Waals surface area contributed by atoms with Crippen LogP contribution < -0.4 is 16.4 Å². The monoisotopic (exact) mass is 406 g/mol. The van der Waals surface area contributed by atoms with Crippen LogP contribution in [-0.2, 0) is 6.18 Å². The minimum Gasteiger partial charge on any atom is -0.307 e. The van der Waals surface area contributed by atoms with Gasteiger partial charge < -0.3 is 10.6 Å². The van der Waals surface area contributed by atoms with E-state index < -0.39 is 29.4 Å². The molecule has 0 bridgehead atoms. The molecule has 9 heteroatoms. The molecule has 28 heavy (non-hydrogen) atoms. The summed E-state index contributed by atoms with van der Waals surface area (Å²) < 4.78 is 39.5. The van der Waals surface area contributed by atoms with Crippen LogP contribution in [0.15, 0.2) is 54.6 Å². The van der Waals surface area contributed by atoms with E-state index in [1.165, 1.54) is 18.2 Å². The van der Waals surface area contributed by atoms with Gasteiger partial charge in [0.05, 0.1) is 27.5 Å². The maximum absolute atomic E-state index is 13.2. The molecule has 1 radical (unpaired) electrons. The minimum absolute atomic E-state index is 0.00295. The molecule has 0 aliphatic heterocycles. The Labute approximate surface area is 162 Å². The summed E-state index contributed by atoms with van der Waals surface area (Å²) in [6.07, 6.45) is -4.72. The minimum atomic E-state index is -4.72. The number of rotatable bonds is 3. The van der Waals surface area contributed by atoms with Gasteiger partial charge in [0.1, 0.15) is 0 Å². The first-order valence-electron chi connectivity index (χ1n) is 7.89. The van der Waals surface area contributed by atoms with Crippen molar-refractivity contribution < 1.29 is 22.8 Å². The predicted octanol–water partition coefficient (Wildman–Crippen LogP) is 5.58. The van der Waals surface area contributed by atoms with E-state index in [1.807, 2.05) is 0 Å². The van der Waals surface area contributed by atoms with Crippen molar-refractivity contribution in [3.05, 3.63) is 70.7 Å². The molecule has 3 aromatic rings. The molecule has 0 spiro atoms. The van der Waals surface area contributed by atoms with E-state index in [0.717, 1.165) is 12.1 Å². The fraction of sp³-hybridized carbons (Fsp3) is 0.0526. The molecule has 0 saturated carbocycles. The van der Waals surface area contributed by atoms with E-state index >= 15 is 0 Å². The van der Waals surface area contributed by atoms with E-state index in [0.29, 0.717) is 10.8 Å². The highest BCUT2D eigenvalue weighted by molar-refractivity contribution is 6.34. The molecular weight excluding hydrogens is 395 g/mol. The van der Waals surface area contributed by atoms with Crippen molar-refractivity contribution in [2.24, 2.45) is 0 Å². The van der Waals surface area contributed by atoms with Crippen molar-refractivity contribution in [3.63, 3.8) is 0 Å². The highest BCUT2D eigenvalue weighted by Gasteiger charge is 2.34. The van der Waals surface area contributed by atoms with Gasteiger partial charge in [-0.1, -0.05) is 41.9 Å². The smallest absolute Gasteiger partial charge is 0.307 e. The molecule has 0 aliphatic carbocycles. The highest BCUT2D eigenvalue weighted by Crippen LogP contribution is 2.38. The number of para-hydroxylation sites is 1. The Morgan fingerprint density at radius 1 is 0.929 bits per heavy atom. The van der Waals surface area contributed by atoms with Crippen molar-refractivity contribution in [3.8, 4) is 0 Å². The summed E-state index contributed by atoms with van der Waals surface area (Å²) in [6.45, 7) is 0. The summed E-state index contributed by atoms with van der Waals surface area (Å²) in [7, 11) is 0. The van der Waals surface area contributed by atoms with Gasteiger partial charge in [-0.15, -0.1) is 0 Å². The van der Waals surface area contributed by atoms with Crippen molar-refractivity contribution in [2.45, 2.75) is 6.18 Å². The van der Waals surface area contributed by atoms with E-state index in [-0.39, 0.29) is 16.3 Å². The number of urea groups is 1. The van der Waals surface area contributed by atoms with Crippen LogP contribution in [0.25, 0.3) is 10.8 Å². The molecule has 0 saturated heterocycles. The normalized spacial score (nSPS) is 11.3. The maximum Gasteiger partial charge on any atom is 0.418 e. The second-order valence-electron chi connectivity index (χ2n) is 5.81. The number of nitrogens with one attached hydrogen (secondary N) is 3. The largest absolute Gasteiger partial charge is 0.418 e. The first kappa shape index (κ1) is 19.5. The summed E-state index contributed by atoms with van der Waals surface area (Å²) in [5, 5.41) is 5.46. The molecular formula is C19H12ClF3N3O2. The van der Waals surface area contributed by atoms with Gasteiger partial charge in [-0.25, -0.2) is 4.79 Å². The lowest BCUT2D eigenvalue weighted by molar-refractivity contribution is -0.136. The summed E-state index contributed by atoms with van der Waals surface area (Å²) in [6, 6.07) is 11.9. The van der Waals surface area contributed by atoms with Gasteiger partial charge in [0.25, 0.3) is 5.91 Å². The van der Waals surface area contributed by atoms with Crippen LogP contribution in [0.1, 0.15) is 15.9 Å². The Hall–Kier alpha value is -3.26. The average Bonchev–Trinajstić information content (AvgIpc) is 2.61. The number of amides is 3. The Morgan fingerprint density at radius 3 is 2.18 bits per heavy atom. The van der Waals surface area contributed by atoms with Gasteiger partial charge in [0, 0.05) is 0 Å². The fourth-order valence-electron chi connectivity index (χ4n) is 2.69. The first-order valence-corrected chi connectivity index (χ1v) is 8.27. The van der Waals surface area contributed by atoms with Crippen LogP contribution >= 0.6 is 11.6 Å². The number of anilines is 2. The molecule has 0 fully saturated rings. The maximum atomic E-state index is 13.2. The predicted molar refractivity (Wildman–Crippen MR) is 100 cm³/mol. The molecule has 3 aromatic carbocycles. The van der Waals surface area contributed by atoms with Crippen LogP contribution in [0.2, 0.25) is 5.02 Å². The van der Waals surface area contributed by atoms with E-state index in [9.17, 15) is 22.8 Å². The molecule has 0 aromatic heterocycles. The lowest BCUT2D eigenvalue weighted by Gasteiger charge is -2.16. The average molecular weight is 407 g/mol. The molecule has 3 rings (SSSR count). The van der Waals surface area contributed by atoms with Crippen LogP contribution in [0.4, 0.5) is 29.3 Å². The lowest BCUT2D eigenvalue weighted by Crippen LogP contribution is -2.23. The molecule has 5 nitrogen and oxygen atoms in total. The molecule has 3 amide bonds. The molecule has 0 aliphatic rings.